The van der Waals surface area contributed by atoms with Crippen molar-refractivity contribution in [3.63, 3.8) is 0 Å². The molecule has 55 heavy (non-hydrogen) atoms. The molecule has 1 fully saturated rings. The van der Waals surface area contributed by atoms with Crippen LogP contribution in [0.5, 0.6) is 0 Å². The van der Waals surface area contributed by atoms with Crippen LogP contribution in [0.15, 0.2) is 0 Å². The standard InChI is InChI=1S/C49H96N2O4/c1-4-7-10-13-15-16-18-20-32-45-55-49(54)38-29-23-31-40-51(47-35-26-21-27-36-47)42-41-50(43-44-52)39-30-22-28-37-48(53)46(33-24-12-9-6-3)34-25-19-17-14-11-8-5-2/h46-47,52H,4-45H2,1-3H3. The lowest BCUT2D eigenvalue weighted by Crippen LogP contribution is -2.43. The Morgan fingerprint density at radius 1 is 0.527 bits per heavy atom. The molecule has 1 rings (SSSR count). The first-order valence-electron chi connectivity index (χ1n) is 24.8. The van der Waals surface area contributed by atoms with Crippen molar-refractivity contribution in [2.75, 3.05) is 45.9 Å². The lowest BCUT2D eigenvalue weighted by Gasteiger charge is -2.36. The van der Waals surface area contributed by atoms with E-state index in [1.165, 1.54) is 154 Å². The molecule has 326 valence electrons. The van der Waals surface area contributed by atoms with E-state index in [1.807, 2.05) is 0 Å². The van der Waals surface area contributed by atoms with Crippen LogP contribution in [0.1, 0.15) is 245 Å². The van der Waals surface area contributed by atoms with E-state index >= 15 is 0 Å². The van der Waals surface area contributed by atoms with Crippen LogP contribution in [-0.2, 0) is 14.3 Å². The predicted octanol–water partition coefficient (Wildman–Crippen LogP) is 13.4. The van der Waals surface area contributed by atoms with Gasteiger partial charge >= 0.3 is 5.97 Å². The Hall–Kier alpha value is -0.980. The minimum atomic E-state index is -0.0153. The Kier molecular flexibility index (Phi) is 37.7. The smallest absolute Gasteiger partial charge is 0.305 e. The minimum absolute atomic E-state index is 0.0153. The number of aliphatic hydroxyl groups is 1. The van der Waals surface area contributed by atoms with E-state index in [0.717, 1.165) is 96.9 Å². The number of Topliss-reactive ketones (excluding diaryl/α,β-unsaturated/α-hetero) is 1. The molecule has 0 bridgehead atoms. The first-order chi connectivity index (χ1) is 27.0. The first kappa shape index (κ1) is 52.0. The molecule has 0 aromatic rings. The largest absolute Gasteiger partial charge is 0.466 e. The van der Waals surface area contributed by atoms with Gasteiger partial charge in [0.2, 0.25) is 0 Å². The average molecular weight is 777 g/mol. The molecule has 6 nitrogen and oxygen atoms in total. The third kappa shape index (κ3) is 31.7. The fourth-order valence-corrected chi connectivity index (χ4v) is 8.75. The van der Waals surface area contributed by atoms with Crippen molar-refractivity contribution in [2.24, 2.45) is 5.92 Å². The second-order valence-electron chi connectivity index (χ2n) is 17.5. The van der Waals surface area contributed by atoms with Gasteiger partial charge < -0.3 is 9.84 Å². The quantitative estimate of drug-likeness (QED) is 0.0492. The molecule has 1 atom stereocenters. The van der Waals surface area contributed by atoms with E-state index in [-0.39, 0.29) is 18.5 Å². The van der Waals surface area contributed by atoms with Crippen LogP contribution in [0, 0.1) is 5.92 Å². The van der Waals surface area contributed by atoms with E-state index < -0.39 is 0 Å². The predicted molar refractivity (Wildman–Crippen MR) is 237 cm³/mol. The normalized spacial score (nSPS) is 14.3. The van der Waals surface area contributed by atoms with E-state index in [2.05, 4.69) is 30.6 Å². The van der Waals surface area contributed by atoms with Gasteiger partial charge in [0.25, 0.3) is 0 Å². The van der Waals surface area contributed by atoms with Crippen molar-refractivity contribution >= 4 is 11.8 Å². The maximum absolute atomic E-state index is 13.3. The molecule has 1 aliphatic rings. The second-order valence-corrected chi connectivity index (χ2v) is 17.5. The van der Waals surface area contributed by atoms with Crippen LogP contribution in [0.2, 0.25) is 0 Å². The summed E-state index contributed by atoms with van der Waals surface area (Å²) in [6.07, 6.45) is 42.3. The highest BCUT2D eigenvalue weighted by Gasteiger charge is 2.22. The van der Waals surface area contributed by atoms with Gasteiger partial charge in [-0.2, -0.15) is 0 Å². The number of nitrogens with zero attached hydrogens (tertiary/aromatic N) is 2. The van der Waals surface area contributed by atoms with Crippen molar-refractivity contribution in [2.45, 2.75) is 252 Å². The van der Waals surface area contributed by atoms with E-state index in [4.69, 9.17) is 4.74 Å². The number of carbonyl (C=O) groups is 2. The number of carbonyl (C=O) groups excluding carboxylic acids is 2. The summed E-state index contributed by atoms with van der Waals surface area (Å²) < 4.78 is 5.54. The Labute approximate surface area is 343 Å². The van der Waals surface area contributed by atoms with Crippen LogP contribution in [0.25, 0.3) is 0 Å². The molecular formula is C49H96N2O4. The van der Waals surface area contributed by atoms with Crippen LogP contribution in [-0.4, -0.2) is 78.6 Å². The third-order valence-corrected chi connectivity index (χ3v) is 12.5. The van der Waals surface area contributed by atoms with Gasteiger partial charge in [0.1, 0.15) is 5.78 Å². The lowest BCUT2D eigenvalue weighted by atomic mass is 9.88. The number of unbranched alkanes of at least 4 members (excludes halogenated alkanes) is 21. The molecule has 1 saturated carbocycles. The molecular weight excluding hydrogens is 681 g/mol. The van der Waals surface area contributed by atoms with Crippen LogP contribution in [0.4, 0.5) is 0 Å². The van der Waals surface area contributed by atoms with Gasteiger partial charge in [-0.25, -0.2) is 0 Å². The molecule has 1 N–H and O–H groups in total. The van der Waals surface area contributed by atoms with Gasteiger partial charge in [-0.3, -0.25) is 19.4 Å². The Balaban J connectivity index is 2.36. The van der Waals surface area contributed by atoms with Crippen molar-refractivity contribution in [1.82, 2.24) is 9.80 Å². The fourth-order valence-electron chi connectivity index (χ4n) is 8.75. The van der Waals surface area contributed by atoms with Gasteiger partial charge in [0.15, 0.2) is 0 Å². The summed E-state index contributed by atoms with van der Waals surface area (Å²) in [5.41, 5.74) is 0. The molecule has 0 aromatic heterocycles. The number of hydrogen-bond acceptors (Lipinski definition) is 6. The topological polar surface area (TPSA) is 70.1 Å². The van der Waals surface area contributed by atoms with E-state index in [9.17, 15) is 14.7 Å². The molecule has 0 saturated heterocycles. The third-order valence-electron chi connectivity index (χ3n) is 12.5. The van der Waals surface area contributed by atoms with Crippen molar-refractivity contribution < 1.29 is 19.4 Å². The molecule has 0 heterocycles. The summed E-state index contributed by atoms with van der Waals surface area (Å²) in [4.78, 5) is 30.8. The average Bonchev–Trinajstić information content (AvgIpc) is 3.20. The number of ketones is 1. The molecule has 0 radical (unpaired) electrons. The van der Waals surface area contributed by atoms with Crippen LogP contribution in [0.3, 0.4) is 0 Å². The summed E-state index contributed by atoms with van der Waals surface area (Å²) in [5, 5.41) is 9.88. The Bertz CT molecular complexity index is 832. The molecule has 6 heteroatoms. The zero-order valence-corrected chi connectivity index (χ0v) is 37.4. The molecule has 0 amide bonds. The van der Waals surface area contributed by atoms with Crippen LogP contribution >= 0.6 is 0 Å². The highest BCUT2D eigenvalue weighted by molar-refractivity contribution is 5.80. The molecule has 1 unspecified atom stereocenters. The number of aliphatic hydroxyl groups excluding tert-OH is 1. The van der Waals surface area contributed by atoms with Gasteiger partial charge in [0.05, 0.1) is 13.2 Å². The van der Waals surface area contributed by atoms with E-state index in [1.54, 1.807) is 0 Å². The molecule has 0 aromatic carbocycles. The van der Waals surface area contributed by atoms with Crippen molar-refractivity contribution in [1.29, 1.82) is 0 Å². The molecule has 0 aliphatic heterocycles. The highest BCUT2D eigenvalue weighted by Crippen LogP contribution is 2.24. The van der Waals surface area contributed by atoms with Gasteiger partial charge in [-0.05, 0) is 70.9 Å². The summed E-state index contributed by atoms with van der Waals surface area (Å²) in [5.74, 6) is 0.801. The monoisotopic (exact) mass is 777 g/mol. The molecule has 0 spiro atoms. The van der Waals surface area contributed by atoms with Gasteiger partial charge in [-0.15, -0.1) is 0 Å². The van der Waals surface area contributed by atoms with Crippen molar-refractivity contribution in [3.8, 4) is 0 Å². The summed E-state index contributed by atoms with van der Waals surface area (Å²) in [7, 11) is 0. The van der Waals surface area contributed by atoms with Crippen molar-refractivity contribution in [3.05, 3.63) is 0 Å². The number of hydrogen-bond donors (Lipinski definition) is 1. The zero-order valence-electron chi connectivity index (χ0n) is 37.4. The molecule has 1 aliphatic carbocycles. The zero-order chi connectivity index (χ0) is 39.9. The maximum atomic E-state index is 13.3. The fraction of sp³-hybridized carbons (Fsp3) is 0.959. The van der Waals surface area contributed by atoms with Gasteiger partial charge in [0, 0.05) is 44.4 Å². The number of ether oxygens (including phenoxy) is 1. The summed E-state index contributed by atoms with van der Waals surface area (Å²) in [6.45, 7) is 12.5. The van der Waals surface area contributed by atoms with Gasteiger partial charge in [-0.1, -0.05) is 175 Å². The number of esters is 1. The maximum Gasteiger partial charge on any atom is 0.305 e. The Morgan fingerprint density at radius 2 is 1.02 bits per heavy atom. The number of rotatable bonds is 42. The second kappa shape index (κ2) is 39.8. The lowest BCUT2D eigenvalue weighted by molar-refractivity contribution is -0.143. The summed E-state index contributed by atoms with van der Waals surface area (Å²) >= 11 is 0. The first-order valence-corrected chi connectivity index (χ1v) is 24.8. The Morgan fingerprint density at radius 3 is 1.60 bits per heavy atom. The highest BCUT2D eigenvalue weighted by atomic mass is 16.5. The van der Waals surface area contributed by atoms with Crippen LogP contribution < -0.4 is 0 Å². The summed E-state index contributed by atoms with van der Waals surface area (Å²) in [6, 6.07) is 0.674. The minimum Gasteiger partial charge on any atom is -0.466 e. The SMILES string of the molecule is CCCCCCCCCCCOC(=O)CCCCCN(CCN(CCO)CCCCCC(=O)C(CCCCCC)CCCCCCCCC)C1CCCCC1. The van der Waals surface area contributed by atoms with E-state index in [0.29, 0.717) is 24.9 Å².